The number of aryl methyl sites for hydroxylation is 1. The fraction of sp³-hybridized carbons (Fsp3) is 0.455. The molecule has 0 spiro atoms. The first-order valence-corrected chi connectivity index (χ1v) is 8.60. The highest BCUT2D eigenvalue weighted by molar-refractivity contribution is 14.1. The van der Waals surface area contributed by atoms with Crippen molar-refractivity contribution >= 4 is 48.4 Å². The molecule has 0 aliphatic heterocycles. The van der Waals surface area contributed by atoms with Crippen molar-refractivity contribution in [1.82, 2.24) is 0 Å². The van der Waals surface area contributed by atoms with E-state index in [4.69, 9.17) is 0 Å². The quantitative estimate of drug-likeness (QED) is 0.587. The Morgan fingerprint density at radius 3 is 2.47 bits per heavy atom. The molecule has 3 nitrogen and oxygen atoms in total. The molecule has 0 saturated carbocycles. The summed E-state index contributed by atoms with van der Waals surface area (Å²) in [5, 5.41) is 10.3. The van der Waals surface area contributed by atoms with E-state index >= 15 is 0 Å². The van der Waals surface area contributed by atoms with E-state index in [9.17, 15) is 13.5 Å². The Morgan fingerprint density at radius 1 is 1.47 bits per heavy atom. The van der Waals surface area contributed by atoms with Crippen LogP contribution in [0.15, 0.2) is 24.3 Å². The van der Waals surface area contributed by atoms with Crippen molar-refractivity contribution in [1.29, 1.82) is 0 Å². The van der Waals surface area contributed by atoms with Gasteiger partial charge in [0.05, 0.1) is 0 Å². The molecule has 2 atom stereocenters. The summed E-state index contributed by atoms with van der Waals surface area (Å²) in [4.78, 5) is 0. The lowest BCUT2D eigenvalue weighted by Gasteiger charge is -2.27. The molecule has 17 heavy (non-hydrogen) atoms. The molecule has 0 bridgehead atoms. The van der Waals surface area contributed by atoms with Crippen molar-refractivity contribution in [2.24, 2.45) is 0 Å². The van der Waals surface area contributed by atoms with Crippen LogP contribution in [-0.2, 0) is 9.84 Å². The van der Waals surface area contributed by atoms with Gasteiger partial charge < -0.3 is 5.11 Å². The van der Waals surface area contributed by atoms with Crippen LogP contribution in [0.1, 0.15) is 24.2 Å². The summed E-state index contributed by atoms with van der Waals surface area (Å²) in [5.41, 5.74) is 1.49. The average Bonchev–Trinajstić information content (AvgIpc) is 2.28. The van der Waals surface area contributed by atoms with Crippen molar-refractivity contribution < 1.29 is 13.5 Å². The highest BCUT2D eigenvalue weighted by Crippen LogP contribution is 2.45. The Bertz CT molecular complexity index is 499. The summed E-state index contributed by atoms with van der Waals surface area (Å²) >= 11 is 4.89. The average molecular weight is 433 g/mol. The summed E-state index contributed by atoms with van der Waals surface area (Å²) in [6.45, 7) is 3.41. The van der Waals surface area contributed by atoms with Crippen molar-refractivity contribution in [3.8, 4) is 0 Å². The molecular weight excluding hydrogens is 419 g/mol. The molecule has 1 aromatic rings. The van der Waals surface area contributed by atoms with Crippen LogP contribution in [0.25, 0.3) is 0 Å². The molecule has 0 unspecified atom stereocenters. The highest BCUT2D eigenvalue weighted by atomic mass is 127. The zero-order valence-corrected chi connectivity index (χ0v) is 14.1. The highest BCUT2D eigenvalue weighted by Gasteiger charge is 2.45. The molecule has 0 aliphatic carbocycles. The molecule has 6 heteroatoms. The van der Waals surface area contributed by atoms with Gasteiger partial charge >= 0.3 is 0 Å². The maximum absolute atomic E-state index is 11.9. The van der Waals surface area contributed by atoms with Crippen LogP contribution in [0.5, 0.6) is 0 Å². The number of sulfone groups is 1. The van der Waals surface area contributed by atoms with Crippen molar-refractivity contribution in [2.45, 2.75) is 21.6 Å². The lowest BCUT2D eigenvalue weighted by Crippen LogP contribution is -2.34. The second kappa shape index (κ2) is 5.54. The van der Waals surface area contributed by atoms with Gasteiger partial charge in [-0.05, 0) is 40.6 Å². The van der Waals surface area contributed by atoms with Crippen molar-refractivity contribution in [3.05, 3.63) is 35.4 Å². The lowest BCUT2D eigenvalue weighted by atomic mass is 10.1. The number of aliphatic hydroxyl groups is 1. The summed E-state index contributed by atoms with van der Waals surface area (Å²) in [6.07, 6.45) is -1.10. The topological polar surface area (TPSA) is 54.4 Å². The molecule has 1 rings (SSSR count). The normalized spacial score (nSPS) is 17.5. The van der Waals surface area contributed by atoms with E-state index in [0.29, 0.717) is 5.56 Å². The number of halogens is 2. The Kier molecular flexibility index (Phi) is 5.02. The summed E-state index contributed by atoms with van der Waals surface area (Å²) < 4.78 is 22.5. The molecule has 0 aliphatic rings. The number of hydrogen-bond acceptors (Lipinski definition) is 3. The zero-order valence-electron chi connectivity index (χ0n) is 9.52. The van der Waals surface area contributed by atoms with E-state index in [-0.39, 0.29) is 5.75 Å². The third-order valence-electron chi connectivity index (χ3n) is 2.60. The van der Waals surface area contributed by atoms with Gasteiger partial charge in [0.15, 0.2) is 9.84 Å². The molecule has 0 aromatic heterocycles. The SMILES string of the molecule is CCS(=O)(=O)[C@@](Br)(I)[C@H](O)c1ccccc1C. The fourth-order valence-corrected chi connectivity index (χ4v) is 4.49. The number of aliphatic hydroxyl groups excluding tert-OH is 1. The van der Waals surface area contributed by atoms with Crippen LogP contribution in [-0.4, -0.2) is 20.9 Å². The van der Waals surface area contributed by atoms with Crippen molar-refractivity contribution in [2.75, 3.05) is 5.75 Å². The van der Waals surface area contributed by atoms with Crippen LogP contribution in [0.3, 0.4) is 0 Å². The van der Waals surface area contributed by atoms with Gasteiger partial charge in [-0.1, -0.05) is 47.1 Å². The minimum absolute atomic E-state index is 0.0237. The van der Waals surface area contributed by atoms with Crippen LogP contribution in [0, 0.1) is 6.92 Å². The van der Waals surface area contributed by atoms with Gasteiger partial charge in [-0.3, -0.25) is 0 Å². The second-order valence-corrected chi connectivity index (χ2v) is 11.9. The first kappa shape index (κ1) is 15.4. The first-order chi connectivity index (χ1) is 7.74. The Labute approximate surface area is 124 Å². The number of rotatable bonds is 4. The standard InChI is InChI=1S/C11H14BrIO3S/c1-3-17(15,16)11(12,13)10(14)9-7-5-4-6-8(9)2/h4-7,10,14H,3H2,1-2H3/t10-,11+/m1/s1. The Balaban J connectivity index is 3.23. The molecular formula is C11H14BrIO3S. The fourth-order valence-electron chi connectivity index (χ4n) is 1.44. The monoisotopic (exact) mass is 432 g/mol. The van der Waals surface area contributed by atoms with Gasteiger partial charge in [0.2, 0.25) is 1.66 Å². The van der Waals surface area contributed by atoms with E-state index < -0.39 is 17.6 Å². The molecule has 0 amide bonds. The second-order valence-electron chi connectivity index (χ2n) is 3.72. The zero-order chi connectivity index (χ0) is 13.3. The van der Waals surface area contributed by atoms with E-state index in [2.05, 4.69) is 15.9 Å². The summed E-state index contributed by atoms with van der Waals surface area (Å²) in [7, 11) is -3.41. The maximum Gasteiger partial charge on any atom is 0.207 e. The molecule has 0 fully saturated rings. The van der Waals surface area contributed by atoms with Gasteiger partial charge in [0.25, 0.3) is 0 Å². The maximum atomic E-state index is 11.9. The molecule has 0 saturated heterocycles. The van der Waals surface area contributed by atoms with Crippen LogP contribution >= 0.6 is 38.5 Å². The van der Waals surface area contributed by atoms with E-state index in [1.165, 1.54) is 0 Å². The molecule has 0 radical (unpaired) electrons. The first-order valence-electron chi connectivity index (χ1n) is 5.07. The van der Waals surface area contributed by atoms with Crippen LogP contribution in [0.2, 0.25) is 0 Å². The third kappa shape index (κ3) is 3.02. The lowest BCUT2D eigenvalue weighted by molar-refractivity contribution is 0.190. The Morgan fingerprint density at radius 2 is 2.00 bits per heavy atom. The summed E-state index contributed by atoms with van der Waals surface area (Å²) in [6, 6.07) is 7.21. The minimum Gasteiger partial charge on any atom is -0.385 e. The van der Waals surface area contributed by atoms with E-state index in [1.807, 2.05) is 19.1 Å². The smallest absolute Gasteiger partial charge is 0.207 e. The number of hydrogen-bond donors (Lipinski definition) is 1. The third-order valence-corrected chi connectivity index (χ3v) is 8.93. The number of alkyl halides is 2. The van der Waals surface area contributed by atoms with Gasteiger partial charge in [-0.2, -0.15) is 0 Å². The molecule has 0 heterocycles. The van der Waals surface area contributed by atoms with Gasteiger partial charge in [0, 0.05) is 5.75 Å². The Hall–Kier alpha value is 0.340. The van der Waals surface area contributed by atoms with Gasteiger partial charge in [0.1, 0.15) is 6.10 Å². The molecule has 1 N–H and O–H groups in total. The van der Waals surface area contributed by atoms with Crippen LogP contribution < -0.4 is 0 Å². The van der Waals surface area contributed by atoms with Gasteiger partial charge in [-0.25, -0.2) is 8.42 Å². The number of benzene rings is 1. The largest absolute Gasteiger partial charge is 0.385 e. The van der Waals surface area contributed by atoms with E-state index in [1.54, 1.807) is 41.6 Å². The molecule has 1 aromatic carbocycles. The van der Waals surface area contributed by atoms with Crippen LogP contribution in [0.4, 0.5) is 0 Å². The predicted molar refractivity (Wildman–Crippen MR) is 81.3 cm³/mol. The summed E-state index contributed by atoms with van der Waals surface area (Å²) in [5.74, 6) is -0.0237. The minimum atomic E-state index is -3.41. The molecule has 96 valence electrons. The predicted octanol–water partition coefficient (Wildman–Crippen LogP) is 2.95. The van der Waals surface area contributed by atoms with Crippen molar-refractivity contribution in [3.63, 3.8) is 0 Å². The van der Waals surface area contributed by atoms with Gasteiger partial charge in [-0.15, -0.1) is 0 Å². The van der Waals surface area contributed by atoms with E-state index in [0.717, 1.165) is 5.56 Å².